The number of furan rings is 1. The summed E-state index contributed by atoms with van der Waals surface area (Å²) in [4.78, 5) is 12.4. The molecule has 0 bridgehead atoms. The molecule has 0 unspecified atom stereocenters. The van der Waals surface area contributed by atoms with E-state index in [1.807, 2.05) is 6.92 Å². The molecule has 0 saturated carbocycles. The minimum absolute atomic E-state index is 0.265. The average molecular weight is 283 g/mol. The van der Waals surface area contributed by atoms with Crippen LogP contribution in [0.4, 0.5) is 0 Å². The molecular weight excluding hydrogens is 268 g/mol. The number of carbonyl (C=O) groups is 1. The van der Waals surface area contributed by atoms with Crippen LogP contribution < -0.4 is 0 Å². The van der Waals surface area contributed by atoms with E-state index in [2.05, 4.69) is 5.10 Å². The van der Waals surface area contributed by atoms with Gasteiger partial charge in [-0.15, -0.1) is 0 Å². The fourth-order valence-corrected chi connectivity index (χ4v) is 1.97. The predicted molar refractivity (Wildman–Crippen MR) is 70.6 cm³/mol. The number of hydrogen-bond donors (Lipinski definition) is 0. The molecule has 0 aliphatic heterocycles. The summed E-state index contributed by atoms with van der Waals surface area (Å²) in [5, 5.41) is 4.38. The molecule has 5 nitrogen and oxygen atoms in total. The van der Waals surface area contributed by atoms with E-state index in [0.717, 1.165) is 12.2 Å². The van der Waals surface area contributed by atoms with E-state index in [4.69, 9.17) is 20.8 Å². The summed E-state index contributed by atoms with van der Waals surface area (Å²) in [5.41, 5.74) is 0.329. The number of ether oxygens (including phenoxy) is 1. The number of hydrogen-bond acceptors (Lipinski definition) is 4. The highest BCUT2D eigenvalue weighted by Gasteiger charge is 2.21. The normalized spacial score (nSPS) is 10.9. The van der Waals surface area contributed by atoms with Crippen molar-refractivity contribution in [3.8, 4) is 0 Å². The van der Waals surface area contributed by atoms with Crippen molar-refractivity contribution in [1.29, 1.82) is 0 Å². The molecule has 0 spiro atoms. The minimum Gasteiger partial charge on any atom is -0.458 e. The van der Waals surface area contributed by atoms with Crippen molar-refractivity contribution in [2.75, 3.05) is 13.7 Å². The van der Waals surface area contributed by atoms with Gasteiger partial charge in [-0.2, -0.15) is 5.10 Å². The van der Waals surface area contributed by atoms with Crippen molar-refractivity contribution in [3.63, 3.8) is 0 Å². The lowest BCUT2D eigenvalue weighted by Crippen LogP contribution is -2.14. The quantitative estimate of drug-likeness (QED) is 0.764. The molecule has 102 valence electrons. The Labute approximate surface area is 116 Å². The Balaban J connectivity index is 2.29. The second-order valence-electron chi connectivity index (χ2n) is 4.01. The third-order valence-electron chi connectivity index (χ3n) is 2.75. The van der Waals surface area contributed by atoms with Crippen LogP contribution in [0.5, 0.6) is 0 Å². The third-order valence-corrected chi connectivity index (χ3v) is 3.03. The molecule has 0 aliphatic carbocycles. The van der Waals surface area contributed by atoms with E-state index in [-0.39, 0.29) is 11.5 Å². The zero-order chi connectivity index (χ0) is 13.8. The van der Waals surface area contributed by atoms with E-state index in [1.165, 1.54) is 10.9 Å². The second kappa shape index (κ2) is 6.04. The first-order valence-corrected chi connectivity index (χ1v) is 6.38. The molecule has 2 aromatic rings. The van der Waals surface area contributed by atoms with Crippen LogP contribution >= 0.6 is 11.6 Å². The van der Waals surface area contributed by atoms with Crippen molar-refractivity contribution < 1.29 is 13.9 Å². The van der Waals surface area contributed by atoms with Gasteiger partial charge in [0, 0.05) is 13.5 Å². The summed E-state index contributed by atoms with van der Waals surface area (Å²) in [6, 6.07) is 3.45. The first-order valence-electron chi connectivity index (χ1n) is 6.01. The van der Waals surface area contributed by atoms with Gasteiger partial charge in [-0.3, -0.25) is 9.48 Å². The lowest BCUT2D eigenvalue weighted by molar-refractivity contribution is 0.0994. The van der Waals surface area contributed by atoms with Crippen molar-refractivity contribution in [2.45, 2.75) is 19.9 Å². The van der Waals surface area contributed by atoms with E-state index < -0.39 is 0 Å². The second-order valence-corrected chi connectivity index (χ2v) is 4.41. The number of aromatic nitrogens is 2. The topological polar surface area (TPSA) is 57.3 Å². The molecule has 0 fully saturated rings. The maximum atomic E-state index is 12.4. The molecular formula is C13H15ClN2O3. The van der Waals surface area contributed by atoms with Crippen LogP contribution in [0.2, 0.25) is 5.02 Å². The van der Waals surface area contributed by atoms with Gasteiger partial charge in [0.2, 0.25) is 5.78 Å². The number of rotatable bonds is 6. The van der Waals surface area contributed by atoms with Gasteiger partial charge in [0.15, 0.2) is 5.76 Å². The van der Waals surface area contributed by atoms with E-state index >= 15 is 0 Å². The summed E-state index contributed by atoms with van der Waals surface area (Å²) in [5.74, 6) is 0.777. The van der Waals surface area contributed by atoms with Gasteiger partial charge < -0.3 is 9.15 Å². The first kappa shape index (κ1) is 13.8. The highest BCUT2D eigenvalue weighted by Crippen LogP contribution is 2.20. The smallest absolute Gasteiger partial charge is 0.247 e. The Hall–Kier alpha value is -1.59. The predicted octanol–water partition coefficient (Wildman–Crippen LogP) is 2.57. The van der Waals surface area contributed by atoms with Crippen LogP contribution in [0.15, 0.2) is 22.7 Å². The van der Waals surface area contributed by atoms with Crippen molar-refractivity contribution in [2.24, 2.45) is 0 Å². The summed E-state index contributed by atoms with van der Waals surface area (Å²) in [6.45, 7) is 2.88. The highest BCUT2D eigenvalue weighted by atomic mass is 35.5. The molecule has 6 heteroatoms. The number of aryl methyl sites for hydroxylation is 1. The summed E-state index contributed by atoms with van der Waals surface area (Å²) in [7, 11) is 1.59. The van der Waals surface area contributed by atoms with Gasteiger partial charge in [-0.1, -0.05) is 18.5 Å². The Kier molecular flexibility index (Phi) is 4.39. The molecule has 0 saturated heterocycles. The average Bonchev–Trinajstić information content (AvgIpc) is 3.02. The molecule has 19 heavy (non-hydrogen) atoms. The molecule has 2 aromatic heterocycles. The van der Waals surface area contributed by atoms with Gasteiger partial charge in [0.1, 0.15) is 11.5 Å². The largest absolute Gasteiger partial charge is 0.458 e. The van der Waals surface area contributed by atoms with Crippen LogP contribution in [0.1, 0.15) is 28.9 Å². The maximum Gasteiger partial charge on any atom is 0.247 e. The first-order chi connectivity index (χ1) is 9.17. The number of methoxy groups -OCH3 is 1. The summed E-state index contributed by atoms with van der Waals surface area (Å²) in [6.07, 6.45) is 2.19. The summed E-state index contributed by atoms with van der Waals surface area (Å²) >= 11 is 6.02. The zero-order valence-electron chi connectivity index (χ0n) is 10.9. The zero-order valence-corrected chi connectivity index (χ0v) is 11.6. The van der Waals surface area contributed by atoms with Gasteiger partial charge in [0.05, 0.1) is 24.4 Å². The van der Waals surface area contributed by atoms with Crippen molar-refractivity contribution >= 4 is 17.4 Å². The van der Waals surface area contributed by atoms with Gasteiger partial charge in [0.25, 0.3) is 0 Å². The SMILES string of the molecule is CCc1ccc(C(=O)c2c(Cl)cnn2CCOC)o1. The van der Waals surface area contributed by atoms with Gasteiger partial charge in [-0.25, -0.2) is 0 Å². The molecule has 2 rings (SSSR count). The lowest BCUT2D eigenvalue weighted by Gasteiger charge is -2.05. The van der Waals surface area contributed by atoms with Crippen LogP contribution in [-0.2, 0) is 17.7 Å². The Morgan fingerprint density at radius 1 is 1.53 bits per heavy atom. The fourth-order valence-electron chi connectivity index (χ4n) is 1.74. The fraction of sp³-hybridized carbons (Fsp3) is 0.385. The highest BCUT2D eigenvalue weighted by molar-refractivity contribution is 6.34. The number of halogens is 1. The van der Waals surface area contributed by atoms with Crippen LogP contribution in [-0.4, -0.2) is 29.3 Å². The molecule has 0 N–H and O–H groups in total. The Morgan fingerprint density at radius 3 is 2.95 bits per heavy atom. The monoisotopic (exact) mass is 282 g/mol. The molecule has 0 aromatic carbocycles. The van der Waals surface area contributed by atoms with E-state index in [9.17, 15) is 4.79 Å². The maximum absolute atomic E-state index is 12.4. The van der Waals surface area contributed by atoms with Gasteiger partial charge in [-0.05, 0) is 12.1 Å². The molecule has 0 amide bonds. The molecule has 0 atom stereocenters. The van der Waals surface area contributed by atoms with Crippen LogP contribution in [0.3, 0.4) is 0 Å². The van der Waals surface area contributed by atoms with Crippen molar-refractivity contribution in [3.05, 3.63) is 40.6 Å². The minimum atomic E-state index is -0.265. The number of carbonyl (C=O) groups excluding carboxylic acids is 1. The molecule has 0 radical (unpaired) electrons. The van der Waals surface area contributed by atoms with Crippen LogP contribution in [0.25, 0.3) is 0 Å². The number of ketones is 1. The van der Waals surface area contributed by atoms with Crippen molar-refractivity contribution in [1.82, 2.24) is 9.78 Å². The third kappa shape index (κ3) is 2.88. The summed E-state index contributed by atoms with van der Waals surface area (Å²) < 4.78 is 12.0. The van der Waals surface area contributed by atoms with E-state index in [1.54, 1.807) is 19.2 Å². The van der Waals surface area contributed by atoms with Crippen LogP contribution in [0, 0.1) is 0 Å². The molecule has 2 heterocycles. The van der Waals surface area contributed by atoms with Gasteiger partial charge >= 0.3 is 0 Å². The lowest BCUT2D eigenvalue weighted by atomic mass is 10.2. The van der Waals surface area contributed by atoms with E-state index in [0.29, 0.717) is 23.9 Å². The Morgan fingerprint density at radius 2 is 2.32 bits per heavy atom. The Bertz CT molecular complexity index is 574. The number of nitrogens with zero attached hydrogens (tertiary/aromatic N) is 2. The molecule has 0 aliphatic rings. The standard InChI is InChI=1S/C13H15ClN2O3/c1-3-9-4-5-11(19-9)13(17)12-10(14)8-15-16(12)6-7-18-2/h4-5,8H,3,6-7H2,1-2H3.